The third-order valence-electron chi connectivity index (χ3n) is 3.18. The van der Waals surface area contributed by atoms with Crippen LogP contribution in [0.2, 0.25) is 0 Å². The highest BCUT2D eigenvalue weighted by Crippen LogP contribution is 2.23. The van der Waals surface area contributed by atoms with Crippen molar-refractivity contribution in [1.29, 1.82) is 0 Å². The SMILES string of the molecule is O=C(NC1CCC(Cl)CC1)c1c(F)cccc1F. The number of rotatable bonds is 2. The molecule has 1 amide bonds. The van der Waals surface area contributed by atoms with Gasteiger partial charge >= 0.3 is 0 Å². The fourth-order valence-electron chi connectivity index (χ4n) is 2.17. The van der Waals surface area contributed by atoms with Gasteiger partial charge in [0.15, 0.2) is 0 Å². The molecule has 18 heavy (non-hydrogen) atoms. The molecule has 1 aliphatic carbocycles. The zero-order valence-electron chi connectivity index (χ0n) is 9.76. The first-order chi connectivity index (χ1) is 8.58. The van der Waals surface area contributed by atoms with Crippen LogP contribution in [0, 0.1) is 11.6 Å². The minimum atomic E-state index is -0.835. The molecule has 0 aliphatic heterocycles. The maximum Gasteiger partial charge on any atom is 0.257 e. The lowest BCUT2D eigenvalue weighted by Gasteiger charge is -2.25. The lowest BCUT2D eigenvalue weighted by atomic mass is 9.95. The van der Waals surface area contributed by atoms with Crippen molar-refractivity contribution in [3.63, 3.8) is 0 Å². The van der Waals surface area contributed by atoms with E-state index < -0.39 is 23.1 Å². The van der Waals surface area contributed by atoms with Gasteiger partial charge in [-0.05, 0) is 37.8 Å². The van der Waals surface area contributed by atoms with Crippen molar-refractivity contribution in [2.24, 2.45) is 0 Å². The molecule has 0 saturated heterocycles. The minimum Gasteiger partial charge on any atom is -0.349 e. The number of nitrogens with one attached hydrogen (secondary N) is 1. The molecule has 0 heterocycles. The van der Waals surface area contributed by atoms with Crippen LogP contribution < -0.4 is 5.32 Å². The summed E-state index contributed by atoms with van der Waals surface area (Å²) in [6.45, 7) is 0. The van der Waals surface area contributed by atoms with E-state index in [9.17, 15) is 13.6 Å². The molecule has 0 atom stereocenters. The van der Waals surface area contributed by atoms with Crippen molar-refractivity contribution >= 4 is 17.5 Å². The average Bonchev–Trinajstić information content (AvgIpc) is 2.32. The van der Waals surface area contributed by atoms with Crippen molar-refractivity contribution in [3.8, 4) is 0 Å². The van der Waals surface area contributed by atoms with E-state index in [2.05, 4.69) is 5.32 Å². The third kappa shape index (κ3) is 2.99. The van der Waals surface area contributed by atoms with Gasteiger partial charge in [0.05, 0.1) is 0 Å². The van der Waals surface area contributed by atoms with Crippen molar-refractivity contribution in [2.75, 3.05) is 0 Å². The highest BCUT2D eigenvalue weighted by atomic mass is 35.5. The molecule has 0 bridgehead atoms. The molecule has 2 nitrogen and oxygen atoms in total. The Morgan fingerprint density at radius 3 is 2.28 bits per heavy atom. The van der Waals surface area contributed by atoms with E-state index in [0.717, 1.165) is 37.8 Å². The number of benzene rings is 1. The van der Waals surface area contributed by atoms with Crippen molar-refractivity contribution in [3.05, 3.63) is 35.4 Å². The lowest BCUT2D eigenvalue weighted by molar-refractivity contribution is 0.0919. The van der Waals surface area contributed by atoms with Crippen LogP contribution in [0.5, 0.6) is 0 Å². The summed E-state index contributed by atoms with van der Waals surface area (Å²) in [4.78, 5) is 11.8. The number of alkyl halides is 1. The Balaban J connectivity index is 2.04. The van der Waals surface area contributed by atoms with Gasteiger partial charge in [0.25, 0.3) is 5.91 Å². The smallest absolute Gasteiger partial charge is 0.257 e. The summed E-state index contributed by atoms with van der Waals surface area (Å²) in [5.74, 6) is -2.36. The van der Waals surface area contributed by atoms with Gasteiger partial charge in [0.1, 0.15) is 17.2 Å². The largest absolute Gasteiger partial charge is 0.349 e. The van der Waals surface area contributed by atoms with Crippen molar-refractivity contribution in [1.82, 2.24) is 5.32 Å². The Kier molecular flexibility index (Phi) is 4.17. The minimum absolute atomic E-state index is 0.0495. The predicted molar refractivity (Wildman–Crippen MR) is 65.7 cm³/mol. The molecule has 2 rings (SSSR count). The first-order valence-electron chi connectivity index (χ1n) is 5.97. The van der Waals surface area contributed by atoms with Gasteiger partial charge in [-0.2, -0.15) is 0 Å². The standard InChI is InChI=1S/C13H14ClF2NO/c14-8-4-6-9(7-5-8)17-13(18)12-10(15)2-1-3-11(12)16/h1-3,8-9H,4-7H2,(H,17,18). The van der Waals surface area contributed by atoms with E-state index in [1.54, 1.807) is 0 Å². The average molecular weight is 274 g/mol. The molecule has 1 N–H and O–H groups in total. The molecule has 1 saturated carbocycles. The topological polar surface area (TPSA) is 29.1 Å². The number of hydrogen-bond acceptors (Lipinski definition) is 1. The molecule has 0 spiro atoms. The normalized spacial score (nSPS) is 23.7. The van der Waals surface area contributed by atoms with Gasteiger partial charge in [-0.15, -0.1) is 11.6 Å². The summed E-state index contributed by atoms with van der Waals surface area (Å²) in [6.07, 6.45) is 3.12. The quantitative estimate of drug-likeness (QED) is 0.824. The molecule has 5 heteroatoms. The van der Waals surface area contributed by atoms with E-state index in [-0.39, 0.29) is 11.4 Å². The molecule has 1 aromatic carbocycles. The Morgan fingerprint density at radius 1 is 1.17 bits per heavy atom. The highest BCUT2D eigenvalue weighted by molar-refractivity contribution is 6.20. The van der Waals surface area contributed by atoms with Crippen LogP contribution in [0.15, 0.2) is 18.2 Å². The summed E-state index contributed by atoms with van der Waals surface area (Å²) in [5, 5.41) is 2.80. The molecule has 98 valence electrons. The number of halogens is 3. The van der Waals surface area contributed by atoms with Gasteiger partial charge in [0.2, 0.25) is 0 Å². The highest BCUT2D eigenvalue weighted by Gasteiger charge is 2.24. The maximum atomic E-state index is 13.4. The Morgan fingerprint density at radius 2 is 1.72 bits per heavy atom. The molecular weight excluding hydrogens is 260 g/mol. The summed E-state index contributed by atoms with van der Waals surface area (Å²) < 4.78 is 26.8. The molecular formula is C13H14ClF2NO. The fourth-order valence-corrected chi connectivity index (χ4v) is 2.42. The van der Waals surface area contributed by atoms with Gasteiger partial charge in [-0.3, -0.25) is 4.79 Å². The molecule has 1 fully saturated rings. The van der Waals surface area contributed by atoms with Gasteiger partial charge in [-0.25, -0.2) is 8.78 Å². The van der Waals surface area contributed by atoms with E-state index in [1.165, 1.54) is 6.07 Å². The molecule has 1 aliphatic rings. The maximum absolute atomic E-state index is 13.4. The van der Waals surface area contributed by atoms with Crippen LogP contribution in [-0.4, -0.2) is 17.3 Å². The van der Waals surface area contributed by atoms with Crippen molar-refractivity contribution in [2.45, 2.75) is 37.1 Å². The van der Waals surface area contributed by atoms with Crippen LogP contribution in [0.1, 0.15) is 36.0 Å². The Hall–Kier alpha value is -1.16. The monoisotopic (exact) mass is 273 g/mol. The van der Waals surface area contributed by atoms with Gasteiger partial charge in [-0.1, -0.05) is 6.07 Å². The third-order valence-corrected chi connectivity index (χ3v) is 3.62. The Labute approximate surface area is 109 Å². The van der Waals surface area contributed by atoms with Gasteiger partial charge < -0.3 is 5.32 Å². The zero-order valence-corrected chi connectivity index (χ0v) is 10.5. The van der Waals surface area contributed by atoms with E-state index in [0.29, 0.717) is 0 Å². The first-order valence-corrected chi connectivity index (χ1v) is 6.40. The summed E-state index contributed by atoms with van der Waals surface area (Å²) in [7, 11) is 0. The van der Waals surface area contributed by atoms with Crippen molar-refractivity contribution < 1.29 is 13.6 Å². The lowest BCUT2D eigenvalue weighted by Crippen LogP contribution is -2.38. The number of carbonyl (C=O) groups excluding carboxylic acids is 1. The second-order valence-corrected chi connectivity index (χ2v) is 5.14. The van der Waals surface area contributed by atoms with E-state index in [1.807, 2.05) is 0 Å². The van der Waals surface area contributed by atoms with Crippen LogP contribution in [0.3, 0.4) is 0 Å². The summed E-state index contributed by atoms with van der Waals surface area (Å²) >= 11 is 5.95. The molecule has 0 radical (unpaired) electrons. The summed E-state index contributed by atoms with van der Waals surface area (Å²) in [6, 6.07) is 3.34. The van der Waals surface area contributed by atoms with Gasteiger partial charge in [0, 0.05) is 11.4 Å². The van der Waals surface area contributed by atoms with Crippen LogP contribution in [0.25, 0.3) is 0 Å². The number of amides is 1. The fraction of sp³-hybridized carbons (Fsp3) is 0.462. The second-order valence-electron chi connectivity index (χ2n) is 4.52. The van der Waals surface area contributed by atoms with Crippen LogP contribution in [-0.2, 0) is 0 Å². The second kappa shape index (κ2) is 5.65. The number of hydrogen-bond donors (Lipinski definition) is 1. The first kappa shape index (κ1) is 13.3. The molecule has 1 aromatic rings. The van der Waals surface area contributed by atoms with E-state index >= 15 is 0 Å². The Bertz CT molecular complexity index is 424. The molecule has 0 unspecified atom stereocenters. The zero-order chi connectivity index (χ0) is 13.1. The predicted octanol–water partition coefficient (Wildman–Crippen LogP) is 3.24. The van der Waals surface area contributed by atoms with Crippen LogP contribution in [0.4, 0.5) is 8.78 Å². The van der Waals surface area contributed by atoms with E-state index in [4.69, 9.17) is 11.6 Å². The molecule has 0 aromatic heterocycles. The number of carbonyl (C=O) groups is 1. The van der Waals surface area contributed by atoms with Crippen LogP contribution >= 0.6 is 11.6 Å². The summed E-state index contributed by atoms with van der Waals surface area (Å²) in [5.41, 5.74) is -0.509.